The Hall–Kier alpha value is -0.650. The van der Waals surface area contributed by atoms with E-state index < -0.39 is 11.6 Å². The van der Waals surface area contributed by atoms with Crippen LogP contribution < -0.4 is 5.32 Å². The second-order valence-corrected chi connectivity index (χ2v) is 5.70. The summed E-state index contributed by atoms with van der Waals surface area (Å²) in [4.78, 5) is 0. The van der Waals surface area contributed by atoms with Crippen molar-refractivity contribution in [3.8, 4) is 0 Å². The third kappa shape index (κ3) is 3.91. The first kappa shape index (κ1) is 14.8. The Morgan fingerprint density at radius 3 is 2.74 bits per heavy atom. The largest absolute Gasteiger partial charge is 0.375 e. The van der Waals surface area contributed by atoms with Gasteiger partial charge in [-0.2, -0.15) is 11.8 Å². The summed E-state index contributed by atoms with van der Waals surface area (Å²) in [5, 5.41) is 3.28. The Balaban J connectivity index is 2.11. The number of halogens is 2. The minimum atomic E-state index is -0.480. The normalized spacial score (nSPS) is 21.3. The average molecular weight is 287 g/mol. The highest BCUT2D eigenvalue weighted by molar-refractivity contribution is 7.99. The van der Waals surface area contributed by atoms with Gasteiger partial charge >= 0.3 is 0 Å². The molecule has 0 aliphatic carbocycles. The molecule has 1 aliphatic rings. The van der Waals surface area contributed by atoms with E-state index in [-0.39, 0.29) is 17.7 Å². The summed E-state index contributed by atoms with van der Waals surface area (Å²) >= 11 is 1.82. The lowest BCUT2D eigenvalue weighted by molar-refractivity contribution is 0.0472. The van der Waals surface area contributed by atoms with Gasteiger partial charge in [-0.25, -0.2) is 8.78 Å². The van der Waals surface area contributed by atoms with E-state index >= 15 is 0 Å². The van der Waals surface area contributed by atoms with Crippen molar-refractivity contribution in [3.63, 3.8) is 0 Å². The number of rotatable bonds is 5. The molecule has 1 aromatic rings. The average Bonchev–Trinajstić information content (AvgIpc) is 2.43. The number of thioether (sulfide) groups is 1. The van der Waals surface area contributed by atoms with Crippen LogP contribution in [0.3, 0.4) is 0 Å². The molecule has 1 N–H and O–H groups in total. The van der Waals surface area contributed by atoms with Gasteiger partial charge < -0.3 is 10.1 Å². The molecule has 1 fully saturated rings. The van der Waals surface area contributed by atoms with E-state index in [1.807, 2.05) is 18.7 Å². The van der Waals surface area contributed by atoms with Gasteiger partial charge in [0.25, 0.3) is 0 Å². The van der Waals surface area contributed by atoms with Crippen molar-refractivity contribution in [2.24, 2.45) is 0 Å². The summed E-state index contributed by atoms with van der Waals surface area (Å²) in [6.45, 7) is 3.45. The smallest absolute Gasteiger partial charge is 0.129 e. The zero-order valence-electron chi connectivity index (χ0n) is 11.0. The first-order valence-electron chi connectivity index (χ1n) is 6.58. The van der Waals surface area contributed by atoms with Crippen molar-refractivity contribution < 1.29 is 13.5 Å². The van der Waals surface area contributed by atoms with Crippen LogP contribution in [0.1, 0.15) is 12.5 Å². The molecule has 2 nitrogen and oxygen atoms in total. The molecule has 2 rings (SSSR count). The van der Waals surface area contributed by atoms with Crippen molar-refractivity contribution in [3.05, 3.63) is 35.4 Å². The lowest BCUT2D eigenvalue weighted by atomic mass is 10.0. The zero-order chi connectivity index (χ0) is 13.7. The summed E-state index contributed by atoms with van der Waals surface area (Å²) < 4.78 is 33.1. The molecular formula is C14H19F2NOS. The summed E-state index contributed by atoms with van der Waals surface area (Å²) in [6, 6.07) is 3.95. The van der Waals surface area contributed by atoms with Gasteiger partial charge in [0.15, 0.2) is 0 Å². The van der Waals surface area contributed by atoms with E-state index in [4.69, 9.17) is 4.74 Å². The Bertz CT molecular complexity index is 390. The maximum atomic E-state index is 13.7. The lowest BCUT2D eigenvalue weighted by Gasteiger charge is -2.31. The first-order chi connectivity index (χ1) is 9.22. The predicted octanol–water partition coefficient (Wildman–Crippen LogP) is 2.62. The second-order valence-electron chi connectivity index (χ2n) is 4.55. The van der Waals surface area contributed by atoms with E-state index in [9.17, 15) is 8.78 Å². The molecule has 0 aromatic heterocycles. The number of hydrogen-bond donors (Lipinski definition) is 1. The molecule has 1 aliphatic heterocycles. The lowest BCUT2D eigenvalue weighted by Crippen LogP contribution is -2.46. The number of likely N-dealkylation sites (N-methyl/N-ethyl adjacent to an activating group) is 1. The summed E-state index contributed by atoms with van der Waals surface area (Å²) in [7, 11) is 0. The molecule has 0 spiro atoms. The monoisotopic (exact) mass is 287 g/mol. The van der Waals surface area contributed by atoms with Crippen LogP contribution in [0.4, 0.5) is 8.78 Å². The molecule has 19 heavy (non-hydrogen) atoms. The number of nitrogens with one attached hydrogen (secondary N) is 1. The van der Waals surface area contributed by atoms with Crippen LogP contribution >= 0.6 is 11.8 Å². The molecule has 0 radical (unpaired) electrons. The molecular weight excluding hydrogens is 268 g/mol. The molecule has 0 saturated carbocycles. The zero-order valence-corrected chi connectivity index (χ0v) is 11.8. The summed E-state index contributed by atoms with van der Waals surface area (Å²) in [5.74, 6) is 0.898. The van der Waals surface area contributed by atoms with Gasteiger partial charge in [-0.15, -0.1) is 0 Å². The minimum Gasteiger partial charge on any atom is -0.375 e. The maximum absolute atomic E-state index is 13.7. The SMILES string of the molecule is CCNC(Cc1c(F)cccc1F)C1CSCCO1. The van der Waals surface area contributed by atoms with Gasteiger partial charge in [0, 0.05) is 23.1 Å². The van der Waals surface area contributed by atoms with Crippen LogP contribution in [0.15, 0.2) is 18.2 Å². The first-order valence-corrected chi connectivity index (χ1v) is 7.73. The third-order valence-electron chi connectivity index (χ3n) is 3.24. The Labute approximate surface area is 116 Å². The molecule has 0 bridgehead atoms. The Morgan fingerprint density at radius 1 is 1.42 bits per heavy atom. The molecule has 106 valence electrons. The van der Waals surface area contributed by atoms with Crippen LogP contribution in [0.25, 0.3) is 0 Å². The fourth-order valence-corrected chi connectivity index (χ4v) is 3.22. The van der Waals surface area contributed by atoms with Crippen molar-refractivity contribution in [1.82, 2.24) is 5.32 Å². The van der Waals surface area contributed by atoms with E-state index in [1.165, 1.54) is 18.2 Å². The summed E-state index contributed by atoms with van der Waals surface area (Å²) in [5.41, 5.74) is 0.146. The fraction of sp³-hybridized carbons (Fsp3) is 0.571. The molecule has 2 unspecified atom stereocenters. The number of hydrogen-bond acceptors (Lipinski definition) is 3. The predicted molar refractivity (Wildman–Crippen MR) is 74.6 cm³/mol. The van der Waals surface area contributed by atoms with Gasteiger partial charge in [-0.3, -0.25) is 0 Å². The van der Waals surface area contributed by atoms with Crippen LogP contribution in [-0.4, -0.2) is 36.8 Å². The van der Waals surface area contributed by atoms with Crippen LogP contribution in [0, 0.1) is 11.6 Å². The van der Waals surface area contributed by atoms with Gasteiger partial charge in [-0.1, -0.05) is 13.0 Å². The van der Waals surface area contributed by atoms with Crippen molar-refractivity contribution in [2.45, 2.75) is 25.5 Å². The highest BCUT2D eigenvalue weighted by Gasteiger charge is 2.26. The quantitative estimate of drug-likeness (QED) is 0.899. The van der Waals surface area contributed by atoms with Crippen molar-refractivity contribution in [2.75, 3.05) is 24.7 Å². The highest BCUT2D eigenvalue weighted by atomic mass is 32.2. The molecule has 1 aromatic carbocycles. The fourth-order valence-electron chi connectivity index (χ4n) is 2.28. The topological polar surface area (TPSA) is 21.3 Å². The maximum Gasteiger partial charge on any atom is 0.129 e. The van der Waals surface area contributed by atoms with Crippen LogP contribution in [0.5, 0.6) is 0 Å². The van der Waals surface area contributed by atoms with Crippen molar-refractivity contribution >= 4 is 11.8 Å². The Morgan fingerprint density at radius 2 is 2.16 bits per heavy atom. The summed E-state index contributed by atoms with van der Waals surface area (Å²) in [6.07, 6.45) is 0.329. The molecule has 0 amide bonds. The van der Waals surface area contributed by atoms with E-state index in [1.54, 1.807) is 0 Å². The van der Waals surface area contributed by atoms with Crippen LogP contribution in [-0.2, 0) is 11.2 Å². The van der Waals surface area contributed by atoms with Gasteiger partial charge in [-0.05, 0) is 25.1 Å². The Kier molecular flexibility index (Phi) is 5.60. The van der Waals surface area contributed by atoms with Gasteiger partial charge in [0.05, 0.1) is 12.7 Å². The third-order valence-corrected chi connectivity index (χ3v) is 4.26. The van der Waals surface area contributed by atoms with Gasteiger partial charge in [0.2, 0.25) is 0 Å². The molecule has 5 heteroatoms. The van der Waals surface area contributed by atoms with E-state index in [0.717, 1.165) is 18.1 Å². The number of ether oxygens (including phenoxy) is 1. The molecule has 2 atom stereocenters. The minimum absolute atomic E-state index is 0.0118. The van der Waals surface area contributed by atoms with E-state index in [0.29, 0.717) is 13.0 Å². The van der Waals surface area contributed by atoms with Crippen molar-refractivity contribution in [1.29, 1.82) is 0 Å². The molecule has 1 heterocycles. The van der Waals surface area contributed by atoms with Crippen LogP contribution in [0.2, 0.25) is 0 Å². The molecule has 1 saturated heterocycles. The van der Waals surface area contributed by atoms with E-state index in [2.05, 4.69) is 5.32 Å². The van der Waals surface area contributed by atoms with Gasteiger partial charge in [0.1, 0.15) is 11.6 Å². The number of benzene rings is 1. The standard InChI is InChI=1S/C14H19F2NOS/c1-2-17-13(14-9-19-7-6-18-14)8-10-11(15)4-3-5-12(10)16/h3-5,13-14,17H,2,6-9H2,1H3. The second kappa shape index (κ2) is 7.22. The highest BCUT2D eigenvalue weighted by Crippen LogP contribution is 2.20.